The van der Waals surface area contributed by atoms with Gasteiger partial charge in [0.05, 0.1) is 22.7 Å². The highest BCUT2D eigenvalue weighted by molar-refractivity contribution is 6.21. The summed E-state index contributed by atoms with van der Waals surface area (Å²) in [5, 5.41) is 5.86. The molecular formula is C36H21N5. The molecule has 0 fully saturated rings. The van der Waals surface area contributed by atoms with Gasteiger partial charge in [-0.25, -0.2) is 9.97 Å². The molecule has 0 N–H and O–H groups in total. The summed E-state index contributed by atoms with van der Waals surface area (Å²) >= 11 is 0. The molecule has 0 bridgehead atoms. The number of imidazole rings is 1. The summed E-state index contributed by atoms with van der Waals surface area (Å²) in [5.41, 5.74) is 12.7. The molecule has 0 saturated carbocycles. The van der Waals surface area contributed by atoms with Crippen LogP contribution in [0.3, 0.4) is 0 Å². The molecule has 1 aliphatic carbocycles. The van der Waals surface area contributed by atoms with Crippen LogP contribution in [0.4, 0.5) is 0 Å². The molecule has 0 spiro atoms. The first-order valence-corrected chi connectivity index (χ1v) is 13.9. The van der Waals surface area contributed by atoms with Gasteiger partial charge in [0.25, 0.3) is 0 Å². The van der Waals surface area contributed by atoms with Crippen LogP contribution in [0.15, 0.2) is 116 Å². The van der Waals surface area contributed by atoms with Gasteiger partial charge in [-0.3, -0.25) is 9.38 Å². The van der Waals surface area contributed by atoms with Gasteiger partial charge in [-0.15, -0.1) is 0 Å². The van der Waals surface area contributed by atoms with Crippen LogP contribution in [-0.2, 0) is 6.42 Å². The van der Waals surface area contributed by atoms with Gasteiger partial charge in [0, 0.05) is 39.6 Å². The van der Waals surface area contributed by atoms with Crippen molar-refractivity contribution in [1.82, 2.24) is 23.9 Å². The smallest absolute Gasteiger partial charge is 0.147 e. The zero-order valence-corrected chi connectivity index (χ0v) is 21.9. The van der Waals surface area contributed by atoms with Crippen molar-refractivity contribution in [3.63, 3.8) is 0 Å². The second kappa shape index (κ2) is 7.55. The van der Waals surface area contributed by atoms with Crippen molar-refractivity contribution in [2.75, 3.05) is 0 Å². The van der Waals surface area contributed by atoms with E-state index in [4.69, 9.17) is 9.97 Å². The van der Waals surface area contributed by atoms with Crippen LogP contribution < -0.4 is 0 Å². The number of pyridine rings is 3. The van der Waals surface area contributed by atoms with Crippen LogP contribution in [-0.4, -0.2) is 23.9 Å². The molecule has 1 aliphatic rings. The quantitative estimate of drug-likeness (QED) is 0.204. The number of nitrogens with zero attached hydrogens (tertiary/aromatic N) is 5. The first kappa shape index (κ1) is 21.3. The Labute approximate surface area is 234 Å². The Morgan fingerprint density at radius 1 is 0.561 bits per heavy atom. The summed E-state index contributed by atoms with van der Waals surface area (Å²) < 4.78 is 4.61. The average Bonchev–Trinajstić information content (AvgIpc) is 3.69. The fraction of sp³-hybridized carbons (Fsp3) is 0.0278. The van der Waals surface area contributed by atoms with Crippen molar-refractivity contribution < 1.29 is 0 Å². The molecule has 0 aliphatic heterocycles. The van der Waals surface area contributed by atoms with E-state index in [-0.39, 0.29) is 0 Å². The van der Waals surface area contributed by atoms with Crippen LogP contribution in [0.2, 0.25) is 0 Å². The molecule has 9 aromatic rings. The first-order chi connectivity index (χ1) is 20.3. The van der Waals surface area contributed by atoms with Gasteiger partial charge in [-0.05, 0) is 88.7 Å². The van der Waals surface area contributed by atoms with Gasteiger partial charge in [-0.1, -0.05) is 42.5 Å². The Morgan fingerprint density at radius 3 is 2.37 bits per heavy atom. The number of hydrogen-bond acceptors (Lipinski definition) is 3. The van der Waals surface area contributed by atoms with Gasteiger partial charge < -0.3 is 4.57 Å². The lowest BCUT2D eigenvalue weighted by atomic mass is 10.0. The molecule has 0 unspecified atom stereocenters. The third kappa shape index (κ3) is 2.72. The molecular weight excluding hydrogens is 502 g/mol. The zero-order chi connectivity index (χ0) is 26.7. The van der Waals surface area contributed by atoms with E-state index in [1.807, 2.05) is 30.7 Å². The molecule has 5 nitrogen and oxygen atoms in total. The van der Waals surface area contributed by atoms with E-state index < -0.39 is 0 Å². The van der Waals surface area contributed by atoms with Crippen LogP contribution in [0, 0.1) is 0 Å². The average molecular weight is 524 g/mol. The predicted molar refractivity (Wildman–Crippen MR) is 166 cm³/mol. The van der Waals surface area contributed by atoms with E-state index in [0.29, 0.717) is 0 Å². The summed E-state index contributed by atoms with van der Waals surface area (Å²) in [7, 11) is 0. The van der Waals surface area contributed by atoms with Gasteiger partial charge >= 0.3 is 0 Å². The third-order valence-electron chi connectivity index (χ3n) is 8.82. The minimum Gasteiger partial charge on any atom is -0.309 e. The molecule has 4 aromatic carbocycles. The van der Waals surface area contributed by atoms with E-state index in [9.17, 15) is 0 Å². The number of para-hydroxylation sites is 1. The molecule has 0 atom stereocenters. The monoisotopic (exact) mass is 523 g/mol. The number of hydrogen-bond donors (Lipinski definition) is 0. The normalized spacial score (nSPS) is 12.8. The maximum atomic E-state index is 5.08. The Balaban J connectivity index is 1.43. The van der Waals surface area contributed by atoms with E-state index in [1.54, 1.807) is 0 Å². The second-order valence-corrected chi connectivity index (χ2v) is 11.0. The summed E-state index contributed by atoms with van der Waals surface area (Å²) in [6, 6.07) is 35.2. The van der Waals surface area contributed by atoms with Crippen molar-refractivity contribution in [3.05, 3.63) is 127 Å². The highest BCUT2D eigenvalue weighted by Crippen LogP contribution is 2.44. The molecule has 5 heteroatoms. The largest absolute Gasteiger partial charge is 0.309 e. The summed E-state index contributed by atoms with van der Waals surface area (Å²) in [6.07, 6.45) is 6.49. The predicted octanol–water partition coefficient (Wildman–Crippen LogP) is 8.25. The Kier molecular flexibility index (Phi) is 3.92. The number of aromatic nitrogens is 5. The molecule has 10 rings (SSSR count). The van der Waals surface area contributed by atoms with Gasteiger partial charge in [0.1, 0.15) is 16.8 Å². The lowest BCUT2D eigenvalue weighted by Gasteiger charge is -2.11. The molecule has 41 heavy (non-hydrogen) atoms. The summed E-state index contributed by atoms with van der Waals surface area (Å²) in [5.74, 6) is 0. The van der Waals surface area contributed by atoms with E-state index in [1.165, 1.54) is 44.1 Å². The van der Waals surface area contributed by atoms with Crippen molar-refractivity contribution >= 4 is 60.3 Å². The Hall–Kier alpha value is -5.55. The fourth-order valence-corrected chi connectivity index (χ4v) is 7.07. The van der Waals surface area contributed by atoms with Crippen LogP contribution in [0.5, 0.6) is 0 Å². The molecule has 0 amide bonds. The second-order valence-electron chi connectivity index (χ2n) is 11.0. The summed E-state index contributed by atoms with van der Waals surface area (Å²) in [6.45, 7) is 0. The van der Waals surface area contributed by atoms with Crippen molar-refractivity contribution in [2.45, 2.75) is 6.42 Å². The minimum absolute atomic E-state index is 0.870. The number of rotatable bonds is 1. The third-order valence-corrected chi connectivity index (χ3v) is 8.82. The van der Waals surface area contributed by atoms with Crippen molar-refractivity contribution in [1.29, 1.82) is 0 Å². The topological polar surface area (TPSA) is 48.0 Å². The van der Waals surface area contributed by atoms with E-state index in [2.05, 4.69) is 98.9 Å². The zero-order valence-electron chi connectivity index (χ0n) is 21.9. The van der Waals surface area contributed by atoms with Crippen molar-refractivity contribution in [2.24, 2.45) is 0 Å². The highest BCUT2D eigenvalue weighted by atomic mass is 15.1. The lowest BCUT2D eigenvalue weighted by molar-refractivity contribution is 1.18. The molecule has 0 radical (unpaired) electrons. The lowest BCUT2D eigenvalue weighted by Crippen LogP contribution is -1.96. The number of benzene rings is 4. The van der Waals surface area contributed by atoms with Crippen molar-refractivity contribution in [3.8, 4) is 16.8 Å². The maximum Gasteiger partial charge on any atom is 0.147 e. The Morgan fingerprint density at radius 2 is 1.41 bits per heavy atom. The Bertz CT molecular complexity index is 2550. The SMILES string of the molecule is c1ccc(-n2c3cc4c(cc3c3cc5c(cc32)c2cccnc2n2c3ccncc3nc52)Cc2ccccc2-4)cc1. The van der Waals surface area contributed by atoms with Gasteiger partial charge in [-0.2, -0.15) is 0 Å². The highest BCUT2D eigenvalue weighted by Gasteiger charge is 2.23. The van der Waals surface area contributed by atoms with Crippen LogP contribution in [0.1, 0.15) is 11.1 Å². The minimum atomic E-state index is 0.870. The number of fused-ring (bicyclic) bond motifs is 14. The van der Waals surface area contributed by atoms with E-state index >= 15 is 0 Å². The fourth-order valence-electron chi connectivity index (χ4n) is 7.07. The molecule has 0 saturated heterocycles. The molecule has 5 heterocycles. The summed E-state index contributed by atoms with van der Waals surface area (Å²) in [4.78, 5) is 14.3. The van der Waals surface area contributed by atoms with Crippen LogP contribution >= 0.6 is 0 Å². The first-order valence-electron chi connectivity index (χ1n) is 13.9. The standard InChI is InChI=1S/C36H21N5/c1-2-8-23(9-3-1)40-33-18-26-22(15-21-7-4-5-10-24(21)26)16-28(33)29-17-30-27(19-34(29)40)25-11-6-13-38-35(25)41-32-12-14-37-20-31(32)39-36(30)41/h1-14,16-20H,15H2. The van der Waals surface area contributed by atoms with Gasteiger partial charge in [0.15, 0.2) is 0 Å². The maximum absolute atomic E-state index is 5.08. The van der Waals surface area contributed by atoms with Crippen LogP contribution in [0.25, 0.3) is 77.1 Å². The van der Waals surface area contributed by atoms with E-state index in [0.717, 1.165) is 50.6 Å². The van der Waals surface area contributed by atoms with Gasteiger partial charge in [0.2, 0.25) is 0 Å². The molecule has 5 aromatic heterocycles. The molecule has 190 valence electrons.